The van der Waals surface area contributed by atoms with Gasteiger partial charge in [-0.15, -0.1) is 5.10 Å². The van der Waals surface area contributed by atoms with E-state index in [4.69, 9.17) is 10.1 Å². The first kappa shape index (κ1) is 29.5. The van der Waals surface area contributed by atoms with Gasteiger partial charge in [-0.2, -0.15) is 27.4 Å². The van der Waals surface area contributed by atoms with Crippen molar-refractivity contribution in [2.45, 2.75) is 37.5 Å². The van der Waals surface area contributed by atoms with Gasteiger partial charge in [0, 0.05) is 62.4 Å². The number of ether oxygens (including phenoxy) is 1. The highest BCUT2D eigenvalue weighted by Gasteiger charge is 2.38. The Morgan fingerprint density at radius 2 is 1.93 bits per heavy atom. The summed E-state index contributed by atoms with van der Waals surface area (Å²) in [4.78, 5) is 2.80. The van der Waals surface area contributed by atoms with Crippen molar-refractivity contribution in [2.75, 3.05) is 38.6 Å². The van der Waals surface area contributed by atoms with E-state index in [1.807, 2.05) is 38.1 Å². The molecular formula is C26H32F3N7O3S. The Morgan fingerprint density at radius 3 is 2.52 bits per heavy atom. The molecule has 0 aliphatic carbocycles. The van der Waals surface area contributed by atoms with Gasteiger partial charge < -0.3 is 15.5 Å². The van der Waals surface area contributed by atoms with Crippen LogP contribution in [0, 0.1) is 19.3 Å². The molecule has 1 unspecified atom stereocenters. The molecule has 1 aromatic heterocycles. The maximum absolute atomic E-state index is 13.3. The minimum absolute atomic E-state index is 0.0141. The highest BCUT2D eigenvalue weighted by atomic mass is 32.2. The van der Waals surface area contributed by atoms with Crippen LogP contribution in [-0.2, 0) is 17.1 Å². The normalized spacial score (nSPS) is 17.1. The number of sulfonamides is 1. The zero-order chi connectivity index (χ0) is 29.2. The minimum atomic E-state index is -4.35. The molecule has 10 nitrogen and oxygen atoms in total. The van der Waals surface area contributed by atoms with Gasteiger partial charge in [-0.3, -0.25) is 4.90 Å². The third kappa shape index (κ3) is 6.45. The zero-order valence-electron chi connectivity index (χ0n) is 22.7. The molecule has 2 aromatic carbocycles. The van der Waals surface area contributed by atoms with Crippen molar-refractivity contribution in [3.05, 3.63) is 58.8 Å². The second-order valence-electron chi connectivity index (χ2n) is 9.70. The molecule has 1 atom stereocenters. The Bertz CT molecular complexity index is 1490. The minimum Gasteiger partial charge on any atom is -0.496 e. The molecule has 0 amide bonds. The standard InChI is InChI=1S/C26H32F3N7O3S/c1-17-12-22(32-20-5-6-24(39-4)18(2)11-20)19(14-30)13-21(17)23-16-36(10-9-35(23)8-7-26(27,28)29)40(37,38)25-15-31-34(3)33-25/h5-6,11-15,23,30,32H,7-10,16H2,1-4H3. The second-order valence-corrected chi connectivity index (χ2v) is 11.6. The fourth-order valence-electron chi connectivity index (χ4n) is 4.87. The molecule has 0 saturated carbocycles. The maximum atomic E-state index is 13.3. The number of hydrogen-bond acceptors (Lipinski definition) is 8. The molecule has 0 spiro atoms. The maximum Gasteiger partial charge on any atom is 0.390 e. The summed E-state index contributed by atoms with van der Waals surface area (Å²) in [5.74, 6) is 0.738. The molecule has 0 radical (unpaired) electrons. The summed E-state index contributed by atoms with van der Waals surface area (Å²) in [5, 5.41) is 18.9. The Kier molecular flexibility index (Phi) is 8.52. The van der Waals surface area contributed by atoms with E-state index >= 15 is 0 Å². The van der Waals surface area contributed by atoms with Crippen LogP contribution >= 0.6 is 0 Å². The Morgan fingerprint density at radius 1 is 1.18 bits per heavy atom. The van der Waals surface area contributed by atoms with Crippen LogP contribution in [0.5, 0.6) is 5.75 Å². The number of aromatic nitrogens is 3. The Balaban J connectivity index is 1.69. The number of hydrogen-bond donors (Lipinski definition) is 2. The number of alkyl halides is 3. The van der Waals surface area contributed by atoms with Gasteiger partial charge in [0.25, 0.3) is 10.0 Å². The van der Waals surface area contributed by atoms with Crippen LogP contribution in [0.15, 0.2) is 41.6 Å². The summed E-state index contributed by atoms with van der Waals surface area (Å²) < 4.78 is 72.6. The molecule has 2 N–H and O–H groups in total. The van der Waals surface area contributed by atoms with Crippen molar-refractivity contribution in [3.63, 3.8) is 0 Å². The van der Waals surface area contributed by atoms with E-state index in [0.29, 0.717) is 16.8 Å². The first-order valence-corrected chi connectivity index (χ1v) is 14.0. The number of aryl methyl sites for hydroxylation is 3. The number of anilines is 2. The third-order valence-electron chi connectivity index (χ3n) is 6.95. The van der Waals surface area contributed by atoms with Crippen LogP contribution in [0.2, 0.25) is 0 Å². The molecule has 40 heavy (non-hydrogen) atoms. The molecule has 2 heterocycles. The number of nitrogens with one attached hydrogen (secondary N) is 2. The van der Waals surface area contributed by atoms with Crippen LogP contribution in [0.1, 0.15) is 34.7 Å². The summed E-state index contributed by atoms with van der Waals surface area (Å²) in [5.41, 5.74) is 4.25. The van der Waals surface area contributed by atoms with Crippen molar-refractivity contribution >= 4 is 27.6 Å². The van der Waals surface area contributed by atoms with Gasteiger partial charge in [0.1, 0.15) is 5.75 Å². The van der Waals surface area contributed by atoms with Crippen LogP contribution < -0.4 is 10.1 Å². The van der Waals surface area contributed by atoms with Crippen LogP contribution in [0.4, 0.5) is 24.5 Å². The van der Waals surface area contributed by atoms with Gasteiger partial charge in [0.05, 0.1) is 19.7 Å². The van der Waals surface area contributed by atoms with E-state index in [0.717, 1.165) is 33.6 Å². The van der Waals surface area contributed by atoms with Crippen molar-refractivity contribution in [2.24, 2.45) is 7.05 Å². The fraction of sp³-hybridized carbons (Fsp3) is 0.423. The van der Waals surface area contributed by atoms with E-state index in [1.165, 1.54) is 17.6 Å². The Labute approximate surface area is 231 Å². The van der Waals surface area contributed by atoms with Crippen molar-refractivity contribution in [1.82, 2.24) is 24.2 Å². The molecule has 216 valence electrons. The molecule has 14 heteroatoms. The predicted octanol–water partition coefficient (Wildman–Crippen LogP) is 4.18. The SMILES string of the molecule is COc1ccc(Nc2cc(C)c(C3CN(S(=O)(=O)c4cnn(C)n4)CCN3CCC(F)(F)F)cc2C=N)cc1C. The van der Waals surface area contributed by atoms with Crippen molar-refractivity contribution in [3.8, 4) is 5.75 Å². The summed E-state index contributed by atoms with van der Waals surface area (Å²) in [7, 11) is -0.921. The van der Waals surface area contributed by atoms with Gasteiger partial charge in [0.15, 0.2) is 0 Å². The van der Waals surface area contributed by atoms with Crippen LogP contribution in [-0.4, -0.2) is 78.3 Å². The van der Waals surface area contributed by atoms with E-state index in [1.54, 1.807) is 18.1 Å². The van der Waals surface area contributed by atoms with Gasteiger partial charge in [-0.25, -0.2) is 8.42 Å². The van der Waals surface area contributed by atoms with E-state index < -0.39 is 28.7 Å². The molecule has 1 fully saturated rings. The first-order valence-electron chi connectivity index (χ1n) is 12.6. The van der Waals surface area contributed by atoms with E-state index in [9.17, 15) is 21.6 Å². The van der Waals surface area contributed by atoms with E-state index in [2.05, 4.69) is 15.5 Å². The quantitative estimate of drug-likeness (QED) is 0.366. The summed E-state index contributed by atoms with van der Waals surface area (Å²) in [6.07, 6.45) is -3.06. The van der Waals surface area contributed by atoms with Crippen molar-refractivity contribution < 1.29 is 26.3 Å². The molecule has 1 aliphatic rings. The summed E-state index contributed by atoms with van der Waals surface area (Å²) in [6, 6.07) is 8.48. The van der Waals surface area contributed by atoms with Crippen LogP contribution in [0.3, 0.4) is 0 Å². The molecule has 3 aromatic rings. The van der Waals surface area contributed by atoms with Gasteiger partial charge in [-0.05, 0) is 60.9 Å². The monoisotopic (exact) mass is 579 g/mol. The molecular weight excluding hydrogens is 547 g/mol. The second kappa shape index (κ2) is 11.6. The number of piperazine rings is 1. The number of rotatable bonds is 9. The largest absolute Gasteiger partial charge is 0.496 e. The van der Waals surface area contributed by atoms with Crippen LogP contribution in [0.25, 0.3) is 0 Å². The average Bonchev–Trinajstić information content (AvgIpc) is 3.34. The van der Waals surface area contributed by atoms with Gasteiger partial charge >= 0.3 is 6.18 Å². The smallest absolute Gasteiger partial charge is 0.390 e. The van der Waals surface area contributed by atoms with Crippen molar-refractivity contribution in [1.29, 1.82) is 5.41 Å². The zero-order valence-corrected chi connectivity index (χ0v) is 23.5. The van der Waals surface area contributed by atoms with E-state index in [-0.39, 0.29) is 31.2 Å². The summed E-state index contributed by atoms with van der Waals surface area (Å²) >= 11 is 0. The molecule has 4 rings (SSSR count). The topological polar surface area (TPSA) is 116 Å². The van der Waals surface area contributed by atoms with Gasteiger partial charge in [-0.1, -0.05) is 0 Å². The van der Waals surface area contributed by atoms with Gasteiger partial charge in [0.2, 0.25) is 5.03 Å². The molecule has 0 bridgehead atoms. The Hall–Kier alpha value is -3.49. The lowest BCUT2D eigenvalue weighted by atomic mass is 9.94. The number of halogens is 3. The average molecular weight is 580 g/mol. The lowest BCUT2D eigenvalue weighted by Crippen LogP contribution is -2.51. The molecule has 1 saturated heterocycles. The number of methoxy groups -OCH3 is 1. The predicted molar refractivity (Wildman–Crippen MR) is 145 cm³/mol. The third-order valence-corrected chi connectivity index (χ3v) is 8.67. The highest BCUT2D eigenvalue weighted by molar-refractivity contribution is 7.89. The number of nitrogens with zero attached hydrogens (tertiary/aromatic N) is 5. The summed E-state index contributed by atoms with van der Waals surface area (Å²) in [6.45, 7) is 3.50. The highest BCUT2D eigenvalue weighted by Crippen LogP contribution is 2.35. The lowest BCUT2D eigenvalue weighted by Gasteiger charge is -2.41. The number of benzene rings is 2. The fourth-order valence-corrected chi connectivity index (χ4v) is 6.19. The molecule has 1 aliphatic heterocycles. The first-order chi connectivity index (χ1) is 18.8. The lowest BCUT2D eigenvalue weighted by molar-refractivity contribution is -0.140.